The number of hydrogen-bond donors (Lipinski definition) is 2. The molecule has 0 bridgehead atoms. The summed E-state index contributed by atoms with van der Waals surface area (Å²) in [5, 5.41) is 16.5. The van der Waals surface area contributed by atoms with Crippen LogP contribution in [0.2, 0.25) is 0 Å². The number of rotatable bonds is 6. The highest BCUT2D eigenvalue weighted by molar-refractivity contribution is 5.92. The summed E-state index contributed by atoms with van der Waals surface area (Å²) < 4.78 is 15.2. The molecule has 0 aliphatic rings. The summed E-state index contributed by atoms with van der Waals surface area (Å²) in [5.41, 5.74) is -0.342. The van der Waals surface area contributed by atoms with E-state index in [0.717, 1.165) is 6.42 Å². The van der Waals surface area contributed by atoms with Crippen molar-refractivity contribution in [3.8, 4) is 5.69 Å². The molecule has 0 radical (unpaired) electrons. The highest BCUT2D eigenvalue weighted by Gasteiger charge is 2.19. The Morgan fingerprint density at radius 2 is 2.08 bits per heavy atom. The lowest BCUT2D eigenvalue weighted by Gasteiger charge is -2.17. The van der Waals surface area contributed by atoms with Crippen molar-refractivity contribution in [1.29, 1.82) is 0 Å². The second-order valence-corrected chi connectivity index (χ2v) is 6.02. The van der Waals surface area contributed by atoms with Crippen LogP contribution < -0.4 is 10.7 Å². The molecule has 0 aliphatic carbocycles. The molecule has 0 fully saturated rings. The SMILES string of the molecule is CCC(C)C(O)CNC(=O)c1nn(-c2ccccc2F)c(C)cc1=O. The number of nitrogens with one attached hydrogen (secondary N) is 1. The number of aliphatic hydroxyl groups is 1. The Labute approximate surface area is 145 Å². The first-order valence-corrected chi connectivity index (χ1v) is 8.17. The van der Waals surface area contributed by atoms with Crippen molar-refractivity contribution < 1.29 is 14.3 Å². The highest BCUT2D eigenvalue weighted by Crippen LogP contribution is 2.13. The third-order valence-electron chi connectivity index (χ3n) is 4.18. The molecule has 1 aromatic heterocycles. The van der Waals surface area contributed by atoms with Gasteiger partial charge in [0.1, 0.15) is 11.5 Å². The van der Waals surface area contributed by atoms with Crippen LogP contribution in [0.3, 0.4) is 0 Å². The molecule has 25 heavy (non-hydrogen) atoms. The Kier molecular flexibility index (Phi) is 6.03. The molecule has 0 aliphatic heterocycles. The maximum absolute atomic E-state index is 14.0. The Bertz CT molecular complexity index is 819. The van der Waals surface area contributed by atoms with Crippen molar-refractivity contribution in [2.45, 2.75) is 33.3 Å². The van der Waals surface area contributed by atoms with Crippen molar-refractivity contribution in [2.75, 3.05) is 6.54 Å². The molecule has 1 heterocycles. The molecule has 6 nitrogen and oxygen atoms in total. The maximum Gasteiger partial charge on any atom is 0.275 e. The lowest BCUT2D eigenvalue weighted by atomic mass is 10.0. The smallest absolute Gasteiger partial charge is 0.275 e. The predicted molar refractivity (Wildman–Crippen MR) is 92.3 cm³/mol. The van der Waals surface area contributed by atoms with Gasteiger partial charge in [0.15, 0.2) is 5.69 Å². The average Bonchev–Trinajstić information content (AvgIpc) is 2.59. The third-order valence-corrected chi connectivity index (χ3v) is 4.18. The summed E-state index contributed by atoms with van der Waals surface area (Å²) in [6.07, 6.45) is 0.0492. The van der Waals surface area contributed by atoms with Gasteiger partial charge in [-0.15, -0.1) is 0 Å². The van der Waals surface area contributed by atoms with E-state index in [0.29, 0.717) is 5.69 Å². The van der Waals surface area contributed by atoms with E-state index >= 15 is 0 Å². The molecule has 2 atom stereocenters. The van der Waals surface area contributed by atoms with E-state index in [1.807, 2.05) is 13.8 Å². The molecular weight excluding hydrogens is 325 g/mol. The van der Waals surface area contributed by atoms with Gasteiger partial charge in [0.05, 0.1) is 6.10 Å². The van der Waals surface area contributed by atoms with Crippen LogP contribution in [0.15, 0.2) is 35.1 Å². The van der Waals surface area contributed by atoms with Crippen molar-refractivity contribution in [2.24, 2.45) is 5.92 Å². The largest absolute Gasteiger partial charge is 0.391 e. The molecule has 2 unspecified atom stereocenters. The van der Waals surface area contributed by atoms with Gasteiger partial charge in [0.25, 0.3) is 5.91 Å². The second-order valence-electron chi connectivity index (χ2n) is 6.02. The van der Waals surface area contributed by atoms with Gasteiger partial charge in [-0.3, -0.25) is 9.59 Å². The molecule has 0 saturated carbocycles. The van der Waals surface area contributed by atoms with Gasteiger partial charge >= 0.3 is 0 Å². The minimum atomic E-state index is -0.715. The zero-order valence-corrected chi connectivity index (χ0v) is 14.5. The molecule has 7 heteroatoms. The average molecular weight is 347 g/mol. The number of halogens is 1. The van der Waals surface area contributed by atoms with E-state index in [1.54, 1.807) is 19.1 Å². The Hall–Kier alpha value is -2.54. The Morgan fingerprint density at radius 3 is 2.72 bits per heavy atom. The van der Waals surface area contributed by atoms with Crippen molar-refractivity contribution in [1.82, 2.24) is 15.1 Å². The number of amides is 1. The molecule has 0 saturated heterocycles. The number of para-hydroxylation sites is 1. The van der Waals surface area contributed by atoms with Crippen LogP contribution in [0.5, 0.6) is 0 Å². The fraction of sp³-hybridized carbons (Fsp3) is 0.389. The summed E-state index contributed by atoms with van der Waals surface area (Å²) in [6, 6.07) is 7.20. The molecule has 0 spiro atoms. The van der Waals surface area contributed by atoms with Gasteiger partial charge in [-0.1, -0.05) is 32.4 Å². The fourth-order valence-corrected chi connectivity index (χ4v) is 2.33. The summed E-state index contributed by atoms with van der Waals surface area (Å²) in [6.45, 7) is 5.42. The van der Waals surface area contributed by atoms with Gasteiger partial charge in [0, 0.05) is 18.3 Å². The second kappa shape index (κ2) is 8.02. The zero-order chi connectivity index (χ0) is 18.6. The van der Waals surface area contributed by atoms with Gasteiger partial charge in [-0.25, -0.2) is 9.07 Å². The predicted octanol–water partition coefficient (Wildman–Crippen LogP) is 1.82. The number of aromatic nitrogens is 2. The van der Waals surface area contributed by atoms with Crippen LogP contribution in [-0.2, 0) is 0 Å². The van der Waals surface area contributed by atoms with E-state index in [-0.39, 0.29) is 23.8 Å². The molecule has 2 rings (SSSR count). The Morgan fingerprint density at radius 1 is 1.40 bits per heavy atom. The maximum atomic E-state index is 14.0. The summed E-state index contributed by atoms with van der Waals surface area (Å²) in [4.78, 5) is 24.4. The van der Waals surface area contributed by atoms with Crippen LogP contribution in [0.4, 0.5) is 4.39 Å². The first kappa shape index (κ1) is 18.8. The third kappa shape index (κ3) is 4.30. The summed E-state index contributed by atoms with van der Waals surface area (Å²) in [5.74, 6) is -1.20. The summed E-state index contributed by atoms with van der Waals surface area (Å²) in [7, 11) is 0. The van der Waals surface area contributed by atoms with Crippen LogP contribution in [0.25, 0.3) is 5.69 Å². The number of aliphatic hydroxyl groups excluding tert-OH is 1. The minimum Gasteiger partial charge on any atom is -0.391 e. The monoisotopic (exact) mass is 347 g/mol. The number of aryl methyl sites for hydroxylation is 1. The van der Waals surface area contributed by atoms with Gasteiger partial charge < -0.3 is 10.4 Å². The topological polar surface area (TPSA) is 84.2 Å². The quantitative estimate of drug-likeness (QED) is 0.835. The van der Waals surface area contributed by atoms with Gasteiger partial charge in [-0.05, 0) is 25.0 Å². The first-order chi connectivity index (χ1) is 11.8. The standard InChI is InChI=1S/C18H22FN3O3/c1-4-11(2)16(24)10-20-18(25)17-15(23)9-12(3)22(21-17)14-8-6-5-7-13(14)19/h5-9,11,16,24H,4,10H2,1-3H3,(H,20,25). The normalized spacial score (nSPS) is 13.3. The fourth-order valence-electron chi connectivity index (χ4n) is 2.33. The molecule has 2 aromatic rings. The molecule has 134 valence electrons. The van der Waals surface area contributed by atoms with Gasteiger partial charge in [-0.2, -0.15) is 5.10 Å². The van der Waals surface area contributed by atoms with Crippen molar-refractivity contribution in [3.05, 3.63) is 57.8 Å². The van der Waals surface area contributed by atoms with Crippen molar-refractivity contribution >= 4 is 5.91 Å². The first-order valence-electron chi connectivity index (χ1n) is 8.17. The number of carbonyl (C=O) groups excluding carboxylic acids is 1. The molecular formula is C18H22FN3O3. The lowest BCUT2D eigenvalue weighted by Crippen LogP contribution is -2.38. The van der Waals surface area contributed by atoms with Crippen LogP contribution in [0, 0.1) is 18.7 Å². The number of nitrogens with zero attached hydrogens (tertiary/aromatic N) is 2. The van der Waals surface area contributed by atoms with E-state index in [9.17, 15) is 19.1 Å². The van der Waals surface area contributed by atoms with E-state index < -0.39 is 23.3 Å². The van der Waals surface area contributed by atoms with E-state index in [4.69, 9.17) is 0 Å². The van der Waals surface area contributed by atoms with E-state index in [1.165, 1.54) is 22.9 Å². The van der Waals surface area contributed by atoms with Crippen molar-refractivity contribution in [3.63, 3.8) is 0 Å². The number of carbonyl (C=O) groups is 1. The molecule has 1 amide bonds. The van der Waals surface area contributed by atoms with Crippen LogP contribution in [-0.4, -0.2) is 33.4 Å². The molecule has 1 aromatic carbocycles. The highest BCUT2D eigenvalue weighted by atomic mass is 19.1. The summed E-state index contributed by atoms with van der Waals surface area (Å²) >= 11 is 0. The number of hydrogen-bond acceptors (Lipinski definition) is 4. The number of benzene rings is 1. The zero-order valence-electron chi connectivity index (χ0n) is 14.5. The lowest BCUT2D eigenvalue weighted by molar-refractivity contribution is 0.0843. The molecule has 2 N–H and O–H groups in total. The van der Waals surface area contributed by atoms with Crippen LogP contribution in [0.1, 0.15) is 36.5 Å². The minimum absolute atomic E-state index is 0.0151. The Balaban J connectivity index is 2.30. The van der Waals surface area contributed by atoms with Gasteiger partial charge in [0.2, 0.25) is 5.43 Å². The van der Waals surface area contributed by atoms with Crippen LogP contribution >= 0.6 is 0 Å². The van der Waals surface area contributed by atoms with E-state index in [2.05, 4.69) is 10.4 Å².